The average molecular weight is 231 g/mol. The molecule has 1 aromatic carbocycles. The van der Waals surface area contributed by atoms with Crippen molar-refractivity contribution in [2.24, 2.45) is 0 Å². The molecule has 1 aliphatic rings. The van der Waals surface area contributed by atoms with Crippen LogP contribution >= 0.6 is 15.9 Å². The molecule has 0 saturated heterocycles. The van der Waals surface area contributed by atoms with Gasteiger partial charge in [-0.15, -0.1) is 0 Å². The number of phenols is 1. The van der Waals surface area contributed by atoms with Gasteiger partial charge in [-0.3, -0.25) is 0 Å². The number of phenolic OH excluding ortho intramolecular Hbond substituents is 1. The molecular formula is C8H7BrO3. The van der Waals surface area contributed by atoms with E-state index in [4.69, 9.17) is 9.47 Å². The molecule has 1 N–H and O–H groups in total. The molecule has 0 fully saturated rings. The Hall–Kier alpha value is -0.900. The van der Waals surface area contributed by atoms with Crippen LogP contribution in [-0.4, -0.2) is 11.9 Å². The van der Waals surface area contributed by atoms with Crippen molar-refractivity contribution in [2.45, 2.75) is 5.33 Å². The van der Waals surface area contributed by atoms with E-state index in [0.29, 0.717) is 16.8 Å². The Bertz CT molecular complexity index is 311. The Kier molecular flexibility index (Phi) is 1.84. The third kappa shape index (κ3) is 1.03. The van der Waals surface area contributed by atoms with Gasteiger partial charge in [0.15, 0.2) is 11.5 Å². The lowest BCUT2D eigenvalue weighted by atomic mass is 10.2. The molecule has 0 aliphatic carbocycles. The lowest BCUT2D eigenvalue weighted by molar-refractivity contribution is 0.171. The molecule has 0 atom stereocenters. The SMILES string of the molecule is Oc1c(CBr)ccc2c1OCO2. The first-order valence-electron chi connectivity index (χ1n) is 3.49. The number of ether oxygens (including phenoxy) is 2. The quantitative estimate of drug-likeness (QED) is 0.751. The van der Waals surface area contributed by atoms with Crippen LogP contribution in [0.25, 0.3) is 0 Å². The number of rotatable bonds is 1. The van der Waals surface area contributed by atoms with Crippen LogP contribution in [0.2, 0.25) is 0 Å². The van der Waals surface area contributed by atoms with E-state index in [1.165, 1.54) is 0 Å². The van der Waals surface area contributed by atoms with Gasteiger partial charge in [-0.05, 0) is 6.07 Å². The van der Waals surface area contributed by atoms with Crippen molar-refractivity contribution in [1.82, 2.24) is 0 Å². The first kappa shape index (κ1) is 7.73. The molecule has 2 rings (SSSR count). The van der Waals surface area contributed by atoms with Crippen molar-refractivity contribution >= 4 is 15.9 Å². The van der Waals surface area contributed by atoms with E-state index in [1.54, 1.807) is 12.1 Å². The highest BCUT2D eigenvalue weighted by molar-refractivity contribution is 9.08. The molecule has 0 unspecified atom stereocenters. The predicted molar refractivity (Wildman–Crippen MR) is 46.9 cm³/mol. The van der Waals surface area contributed by atoms with Gasteiger partial charge in [0.25, 0.3) is 0 Å². The van der Waals surface area contributed by atoms with Gasteiger partial charge in [0, 0.05) is 10.9 Å². The minimum Gasteiger partial charge on any atom is -0.504 e. The summed E-state index contributed by atoms with van der Waals surface area (Å²) in [4.78, 5) is 0. The summed E-state index contributed by atoms with van der Waals surface area (Å²) in [6.45, 7) is 0.189. The van der Waals surface area contributed by atoms with Crippen molar-refractivity contribution in [1.29, 1.82) is 0 Å². The summed E-state index contributed by atoms with van der Waals surface area (Å²) in [6, 6.07) is 3.59. The van der Waals surface area contributed by atoms with E-state index in [0.717, 1.165) is 5.56 Å². The van der Waals surface area contributed by atoms with Crippen LogP contribution in [0.1, 0.15) is 5.56 Å². The van der Waals surface area contributed by atoms with E-state index in [2.05, 4.69) is 15.9 Å². The minimum atomic E-state index is 0.168. The molecule has 0 saturated carbocycles. The maximum Gasteiger partial charge on any atom is 0.231 e. The highest BCUT2D eigenvalue weighted by Gasteiger charge is 2.19. The number of aromatic hydroxyl groups is 1. The maximum absolute atomic E-state index is 9.57. The number of benzene rings is 1. The number of halogens is 1. The van der Waals surface area contributed by atoms with Crippen molar-refractivity contribution in [3.8, 4) is 17.2 Å². The summed E-state index contributed by atoms with van der Waals surface area (Å²) in [7, 11) is 0. The fourth-order valence-electron chi connectivity index (χ4n) is 1.11. The summed E-state index contributed by atoms with van der Waals surface area (Å²) >= 11 is 3.26. The Balaban J connectivity index is 2.54. The van der Waals surface area contributed by atoms with Crippen LogP contribution in [-0.2, 0) is 5.33 Å². The molecule has 0 radical (unpaired) electrons. The fourth-order valence-corrected chi connectivity index (χ4v) is 1.56. The van der Waals surface area contributed by atoms with Crippen LogP contribution in [0.4, 0.5) is 0 Å². The lowest BCUT2D eigenvalue weighted by Crippen LogP contribution is -1.93. The second kappa shape index (κ2) is 2.86. The molecule has 0 bridgehead atoms. The zero-order valence-electron chi connectivity index (χ0n) is 6.21. The zero-order chi connectivity index (χ0) is 8.55. The first-order chi connectivity index (χ1) is 5.83. The van der Waals surface area contributed by atoms with E-state index < -0.39 is 0 Å². The summed E-state index contributed by atoms with van der Waals surface area (Å²) in [5.41, 5.74) is 0.805. The average Bonchev–Trinajstić information content (AvgIpc) is 2.53. The van der Waals surface area contributed by atoms with E-state index in [9.17, 15) is 5.11 Å². The van der Waals surface area contributed by atoms with Crippen LogP contribution < -0.4 is 9.47 Å². The van der Waals surface area contributed by atoms with Gasteiger partial charge in [0.05, 0.1) is 0 Å². The molecule has 0 aromatic heterocycles. The Morgan fingerprint density at radius 2 is 2.25 bits per heavy atom. The van der Waals surface area contributed by atoms with Crippen LogP contribution in [0.5, 0.6) is 17.2 Å². The van der Waals surface area contributed by atoms with E-state index in [1.807, 2.05) is 0 Å². The van der Waals surface area contributed by atoms with Crippen molar-refractivity contribution in [2.75, 3.05) is 6.79 Å². The van der Waals surface area contributed by atoms with Gasteiger partial charge in [-0.25, -0.2) is 0 Å². The van der Waals surface area contributed by atoms with Crippen molar-refractivity contribution < 1.29 is 14.6 Å². The van der Waals surface area contributed by atoms with Crippen LogP contribution in [0.15, 0.2) is 12.1 Å². The van der Waals surface area contributed by atoms with Crippen LogP contribution in [0, 0.1) is 0 Å². The van der Waals surface area contributed by atoms with Crippen molar-refractivity contribution in [3.05, 3.63) is 17.7 Å². The highest BCUT2D eigenvalue weighted by Crippen LogP contribution is 2.42. The molecule has 1 aromatic rings. The molecule has 4 heteroatoms. The van der Waals surface area contributed by atoms with E-state index >= 15 is 0 Å². The number of hydrogen-bond acceptors (Lipinski definition) is 3. The Labute approximate surface area is 78.0 Å². The maximum atomic E-state index is 9.57. The van der Waals surface area contributed by atoms with Gasteiger partial charge in [0.2, 0.25) is 12.5 Å². The molecule has 3 nitrogen and oxygen atoms in total. The number of fused-ring (bicyclic) bond motifs is 1. The minimum absolute atomic E-state index is 0.168. The second-order valence-electron chi connectivity index (χ2n) is 2.44. The molecule has 0 spiro atoms. The van der Waals surface area contributed by atoms with Crippen molar-refractivity contribution in [3.63, 3.8) is 0 Å². The normalized spacial score (nSPS) is 13.4. The molecule has 64 valence electrons. The number of hydrogen-bond donors (Lipinski definition) is 1. The summed E-state index contributed by atoms with van der Waals surface area (Å²) in [6.07, 6.45) is 0. The molecule has 0 amide bonds. The van der Waals surface area contributed by atoms with Crippen LogP contribution in [0.3, 0.4) is 0 Å². The summed E-state index contributed by atoms with van der Waals surface area (Å²) in [5.74, 6) is 1.23. The highest BCUT2D eigenvalue weighted by atomic mass is 79.9. The Morgan fingerprint density at radius 3 is 3.00 bits per heavy atom. The topological polar surface area (TPSA) is 38.7 Å². The predicted octanol–water partition coefficient (Wildman–Crippen LogP) is 2.02. The fraction of sp³-hybridized carbons (Fsp3) is 0.250. The van der Waals surface area contributed by atoms with E-state index in [-0.39, 0.29) is 12.5 Å². The molecule has 12 heavy (non-hydrogen) atoms. The molecule has 1 heterocycles. The molecular weight excluding hydrogens is 224 g/mol. The largest absolute Gasteiger partial charge is 0.504 e. The molecule has 1 aliphatic heterocycles. The summed E-state index contributed by atoms with van der Waals surface area (Å²) < 4.78 is 10.2. The second-order valence-corrected chi connectivity index (χ2v) is 3.00. The number of alkyl halides is 1. The third-order valence-electron chi connectivity index (χ3n) is 1.74. The smallest absolute Gasteiger partial charge is 0.231 e. The first-order valence-corrected chi connectivity index (χ1v) is 4.61. The third-order valence-corrected chi connectivity index (χ3v) is 2.34. The monoisotopic (exact) mass is 230 g/mol. The standard InChI is InChI=1S/C8H7BrO3/c9-3-5-1-2-6-8(7(5)10)12-4-11-6/h1-2,10H,3-4H2. The van der Waals surface area contributed by atoms with Gasteiger partial charge >= 0.3 is 0 Å². The van der Waals surface area contributed by atoms with Gasteiger partial charge < -0.3 is 14.6 Å². The Morgan fingerprint density at radius 1 is 1.42 bits per heavy atom. The zero-order valence-corrected chi connectivity index (χ0v) is 7.80. The van der Waals surface area contributed by atoms with Gasteiger partial charge in [0.1, 0.15) is 0 Å². The lowest BCUT2D eigenvalue weighted by Gasteiger charge is -2.03. The summed E-state index contributed by atoms with van der Waals surface area (Å²) in [5, 5.41) is 10.2. The van der Waals surface area contributed by atoms with Gasteiger partial charge in [-0.1, -0.05) is 22.0 Å². The van der Waals surface area contributed by atoms with Gasteiger partial charge in [-0.2, -0.15) is 0 Å².